The third kappa shape index (κ3) is 3.75. The Hall–Kier alpha value is -2.10. The zero-order valence-corrected chi connectivity index (χ0v) is 9.77. The highest BCUT2D eigenvalue weighted by Gasteiger charge is 2.05. The van der Waals surface area contributed by atoms with Crippen molar-refractivity contribution in [2.24, 2.45) is 0 Å². The molecule has 0 aromatic heterocycles. The van der Waals surface area contributed by atoms with Gasteiger partial charge in [-0.25, -0.2) is 9.59 Å². The van der Waals surface area contributed by atoms with Crippen LogP contribution in [0.1, 0.15) is 29.8 Å². The van der Waals surface area contributed by atoms with E-state index in [-0.39, 0.29) is 11.5 Å². The second kappa shape index (κ2) is 5.84. The van der Waals surface area contributed by atoms with Crippen LogP contribution in [0.2, 0.25) is 0 Å². The van der Waals surface area contributed by atoms with Gasteiger partial charge < -0.3 is 9.84 Å². The number of benzene rings is 1. The Bertz CT molecular complexity index is 443. The summed E-state index contributed by atoms with van der Waals surface area (Å²) >= 11 is 0. The Balaban J connectivity index is 2.84. The van der Waals surface area contributed by atoms with Gasteiger partial charge in [0, 0.05) is 5.57 Å². The molecule has 0 aliphatic rings. The minimum Gasteiger partial charge on any atom is -0.478 e. The van der Waals surface area contributed by atoms with Gasteiger partial charge in [-0.1, -0.05) is 12.1 Å². The van der Waals surface area contributed by atoms with Crippen molar-refractivity contribution >= 4 is 18.0 Å². The van der Waals surface area contributed by atoms with Crippen molar-refractivity contribution in [1.82, 2.24) is 0 Å². The lowest BCUT2D eigenvalue weighted by Gasteiger charge is -2.02. The topological polar surface area (TPSA) is 63.6 Å². The van der Waals surface area contributed by atoms with E-state index >= 15 is 0 Å². The van der Waals surface area contributed by atoms with Crippen LogP contribution in [0.15, 0.2) is 29.8 Å². The molecule has 4 heteroatoms. The second-order valence-corrected chi connectivity index (χ2v) is 3.47. The molecule has 0 fully saturated rings. The molecule has 90 valence electrons. The van der Waals surface area contributed by atoms with E-state index in [1.54, 1.807) is 32.1 Å². The lowest BCUT2D eigenvalue weighted by molar-refractivity contribution is -0.138. The first kappa shape index (κ1) is 13.0. The second-order valence-electron chi connectivity index (χ2n) is 3.47. The van der Waals surface area contributed by atoms with Gasteiger partial charge in [0.2, 0.25) is 0 Å². The van der Waals surface area contributed by atoms with Gasteiger partial charge in [0.25, 0.3) is 0 Å². The molecule has 1 aromatic rings. The summed E-state index contributed by atoms with van der Waals surface area (Å²) in [5, 5.41) is 8.73. The Morgan fingerprint density at radius 2 is 1.88 bits per heavy atom. The summed E-state index contributed by atoms with van der Waals surface area (Å²) in [5.74, 6) is -1.34. The number of carboxylic acid groups (broad SMARTS) is 1. The van der Waals surface area contributed by atoms with Crippen molar-refractivity contribution in [2.75, 3.05) is 6.61 Å². The summed E-state index contributed by atoms with van der Waals surface area (Å²) < 4.78 is 4.84. The molecule has 0 saturated heterocycles. The minimum absolute atomic E-state index is 0.218. The number of aromatic carboxylic acids is 1. The molecule has 0 saturated carbocycles. The molecule has 0 bridgehead atoms. The first-order valence-electron chi connectivity index (χ1n) is 5.23. The fourth-order valence-electron chi connectivity index (χ4n) is 1.28. The van der Waals surface area contributed by atoms with Crippen LogP contribution in [0, 0.1) is 0 Å². The average molecular weight is 234 g/mol. The van der Waals surface area contributed by atoms with Crippen LogP contribution in [0.5, 0.6) is 0 Å². The predicted octanol–water partition coefficient (Wildman–Crippen LogP) is 2.35. The minimum atomic E-state index is -0.970. The summed E-state index contributed by atoms with van der Waals surface area (Å²) in [6, 6.07) is 6.28. The maximum Gasteiger partial charge on any atom is 0.335 e. The molecular weight excluding hydrogens is 220 g/mol. The van der Waals surface area contributed by atoms with Crippen LogP contribution in [-0.4, -0.2) is 23.7 Å². The summed E-state index contributed by atoms with van der Waals surface area (Å²) in [5.41, 5.74) is 1.46. The molecule has 1 rings (SSSR count). The number of esters is 1. The molecule has 0 unspecified atom stereocenters. The van der Waals surface area contributed by atoms with Gasteiger partial charge in [-0.3, -0.25) is 0 Å². The molecule has 0 atom stereocenters. The quantitative estimate of drug-likeness (QED) is 0.641. The lowest BCUT2D eigenvalue weighted by atomic mass is 10.1. The third-order valence-electron chi connectivity index (χ3n) is 2.14. The predicted molar refractivity (Wildman–Crippen MR) is 63.7 cm³/mol. The van der Waals surface area contributed by atoms with E-state index in [1.807, 2.05) is 0 Å². The number of ether oxygens (including phenoxy) is 1. The zero-order valence-electron chi connectivity index (χ0n) is 9.77. The number of carbonyl (C=O) groups excluding carboxylic acids is 1. The largest absolute Gasteiger partial charge is 0.478 e. The SMILES string of the molecule is CCOC(=O)/C(C)=C/c1ccc(C(=O)O)cc1. The average Bonchev–Trinajstić information content (AvgIpc) is 2.30. The van der Waals surface area contributed by atoms with E-state index in [9.17, 15) is 9.59 Å². The van der Waals surface area contributed by atoms with Crippen LogP contribution < -0.4 is 0 Å². The molecule has 0 aliphatic heterocycles. The molecule has 17 heavy (non-hydrogen) atoms. The summed E-state index contributed by atoms with van der Waals surface area (Å²) in [6.45, 7) is 3.73. The van der Waals surface area contributed by atoms with Crippen molar-refractivity contribution < 1.29 is 19.4 Å². The Morgan fingerprint density at radius 3 is 2.35 bits per heavy atom. The van der Waals surface area contributed by atoms with Crippen molar-refractivity contribution in [3.8, 4) is 0 Å². The molecule has 1 aromatic carbocycles. The molecule has 0 heterocycles. The molecule has 0 aliphatic carbocycles. The fourth-order valence-corrected chi connectivity index (χ4v) is 1.28. The van der Waals surface area contributed by atoms with Crippen LogP contribution in [0.4, 0.5) is 0 Å². The smallest absolute Gasteiger partial charge is 0.335 e. The van der Waals surface area contributed by atoms with E-state index in [0.717, 1.165) is 5.56 Å². The van der Waals surface area contributed by atoms with Gasteiger partial charge in [-0.15, -0.1) is 0 Å². The van der Waals surface area contributed by atoms with Crippen LogP contribution in [-0.2, 0) is 9.53 Å². The summed E-state index contributed by atoms with van der Waals surface area (Å²) in [6.07, 6.45) is 1.66. The molecule has 0 radical (unpaired) electrons. The van der Waals surface area contributed by atoms with Gasteiger partial charge in [0.1, 0.15) is 0 Å². The van der Waals surface area contributed by atoms with Gasteiger partial charge in [0.15, 0.2) is 0 Å². The Kier molecular flexibility index (Phi) is 4.46. The van der Waals surface area contributed by atoms with Crippen LogP contribution in [0.3, 0.4) is 0 Å². The highest BCUT2D eigenvalue weighted by molar-refractivity contribution is 5.93. The zero-order chi connectivity index (χ0) is 12.8. The van der Waals surface area contributed by atoms with Crippen molar-refractivity contribution in [2.45, 2.75) is 13.8 Å². The highest BCUT2D eigenvalue weighted by atomic mass is 16.5. The number of carboxylic acids is 1. The van der Waals surface area contributed by atoms with E-state index < -0.39 is 5.97 Å². The first-order chi connectivity index (χ1) is 8.04. The van der Waals surface area contributed by atoms with Crippen LogP contribution in [0.25, 0.3) is 6.08 Å². The Morgan fingerprint density at radius 1 is 1.29 bits per heavy atom. The number of hydrogen-bond donors (Lipinski definition) is 1. The van der Waals surface area contributed by atoms with Gasteiger partial charge in [0.05, 0.1) is 12.2 Å². The van der Waals surface area contributed by atoms with Crippen molar-refractivity contribution in [1.29, 1.82) is 0 Å². The van der Waals surface area contributed by atoms with Crippen LogP contribution >= 0.6 is 0 Å². The molecule has 0 spiro atoms. The number of rotatable bonds is 4. The molecular formula is C13H14O4. The number of hydrogen-bond acceptors (Lipinski definition) is 3. The van der Waals surface area contributed by atoms with Gasteiger partial charge >= 0.3 is 11.9 Å². The van der Waals surface area contributed by atoms with Crippen molar-refractivity contribution in [3.63, 3.8) is 0 Å². The van der Waals surface area contributed by atoms with Crippen molar-refractivity contribution in [3.05, 3.63) is 41.0 Å². The normalized spacial score (nSPS) is 11.1. The summed E-state index contributed by atoms with van der Waals surface area (Å²) in [7, 11) is 0. The number of carbonyl (C=O) groups is 2. The maximum absolute atomic E-state index is 11.3. The standard InChI is InChI=1S/C13H14O4/c1-3-17-13(16)9(2)8-10-4-6-11(7-5-10)12(14)15/h4-8H,3H2,1-2H3,(H,14,15)/b9-8+. The molecule has 4 nitrogen and oxygen atoms in total. The van der Waals surface area contributed by atoms with E-state index in [1.165, 1.54) is 12.1 Å². The first-order valence-corrected chi connectivity index (χ1v) is 5.23. The van der Waals surface area contributed by atoms with E-state index in [2.05, 4.69) is 0 Å². The lowest BCUT2D eigenvalue weighted by Crippen LogP contribution is -2.04. The van der Waals surface area contributed by atoms with E-state index in [4.69, 9.17) is 9.84 Å². The van der Waals surface area contributed by atoms with Gasteiger partial charge in [-0.05, 0) is 37.6 Å². The molecule has 0 amide bonds. The fraction of sp³-hybridized carbons (Fsp3) is 0.231. The highest BCUT2D eigenvalue weighted by Crippen LogP contribution is 2.10. The Labute approximate surface area is 99.5 Å². The van der Waals surface area contributed by atoms with E-state index in [0.29, 0.717) is 12.2 Å². The summed E-state index contributed by atoms with van der Waals surface area (Å²) in [4.78, 5) is 22.0. The third-order valence-corrected chi connectivity index (χ3v) is 2.14. The maximum atomic E-state index is 11.3. The monoisotopic (exact) mass is 234 g/mol. The molecule has 1 N–H and O–H groups in total. The van der Waals surface area contributed by atoms with Gasteiger partial charge in [-0.2, -0.15) is 0 Å².